The normalized spacial score (nSPS) is 11.1. The van der Waals surface area contributed by atoms with Gasteiger partial charge in [-0.1, -0.05) is 30.3 Å². The summed E-state index contributed by atoms with van der Waals surface area (Å²) in [6.45, 7) is 1.42. The second-order valence-electron chi connectivity index (χ2n) is 7.08. The minimum absolute atomic E-state index is 0.0357. The Morgan fingerprint density at radius 3 is 2.54 bits per heavy atom. The molecule has 6 nitrogen and oxygen atoms in total. The van der Waals surface area contributed by atoms with Crippen LogP contribution in [0.1, 0.15) is 27.7 Å². The second kappa shape index (κ2) is 11.6. The highest BCUT2D eigenvalue weighted by Gasteiger charge is 2.32. The molecule has 0 radical (unpaired) electrons. The van der Waals surface area contributed by atoms with Crippen LogP contribution in [0.5, 0.6) is 5.75 Å². The van der Waals surface area contributed by atoms with E-state index in [0.717, 1.165) is 17.4 Å². The number of methoxy groups -OCH3 is 1. The van der Waals surface area contributed by atoms with Crippen molar-refractivity contribution in [2.45, 2.75) is 19.6 Å². The molecule has 3 aromatic rings. The van der Waals surface area contributed by atoms with Gasteiger partial charge in [0.05, 0.1) is 28.6 Å². The Kier molecular flexibility index (Phi) is 8.79. The molecule has 0 saturated heterocycles. The predicted octanol–water partition coefficient (Wildman–Crippen LogP) is 6.54. The SMILES string of the molecule is CCOC(=O)COc1c(C(=O)OC)sc(-c2cccc(NCc3ccccc3C(F)(F)F)c2)c1Br. The van der Waals surface area contributed by atoms with Crippen LogP contribution in [0.15, 0.2) is 53.0 Å². The number of alkyl halides is 3. The van der Waals surface area contributed by atoms with Crippen LogP contribution in [0, 0.1) is 0 Å². The number of carbonyl (C=O) groups is 2. The standard InChI is InChI=1S/C24H21BrF3NO5S/c1-3-33-18(30)13-34-20-19(25)21(35-22(20)23(31)32-2)14-8-6-9-16(11-14)29-12-15-7-4-5-10-17(15)24(26,27)28/h4-11,29H,3,12-13H2,1-2H3. The molecule has 0 bridgehead atoms. The minimum Gasteiger partial charge on any atom is -0.479 e. The number of hydrogen-bond acceptors (Lipinski definition) is 7. The Bertz CT molecular complexity index is 1210. The van der Waals surface area contributed by atoms with Gasteiger partial charge in [-0.3, -0.25) is 0 Å². The van der Waals surface area contributed by atoms with E-state index in [2.05, 4.69) is 21.2 Å². The monoisotopic (exact) mass is 571 g/mol. The van der Waals surface area contributed by atoms with Gasteiger partial charge in [0.1, 0.15) is 0 Å². The van der Waals surface area contributed by atoms with Crippen LogP contribution < -0.4 is 10.1 Å². The van der Waals surface area contributed by atoms with Gasteiger partial charge in [0.25, 0.3) is 0 Å². The molecular weight excluding hydrogens is 551 g/mol. The maximum absolute atomic E-state index is 13.3. The Morgan fingerprint density at radius 2 is 1.86 bits per heavy atom. The van der Waals surface area contributed by atoms with Gasteiger partial charge in [-0.25, -0.2) is 9.59 Å². The van der Waals surface area contributed by atoms with E-state index in [9.17, 15) is 22.8 Å². The lowest BCUT2D eigenvalue weighted by atomic mass is 10.1. The summed E-state index contributed by atoms with van der Waals surface area (Å²) in [5.41, 5.74) is 0.668. The van der Waals surface area contributed by atoms with Gasteiger partial charge in [-0.15, -0.1) is 11.3 Å². The Labute approximate surface area is 212 Å². The van der Waals surface area contributed by atoms with Gasteiger partial charge in [-0.05, 0) is 52.2 Å². The fourth-order valence-electron chi connectivity index (χ4n) is 3.19. The molecule has 1 aromatic heterocycles. The van der Waals surface area contributed by atoms with E-state index < -0.39 is 30.3 Å². The zero-order chi connectivity index (χ0) is 25.6. The number of esters is 2. The van der Waals surface area contributed by atoms with Crippen LogP contribution in [-0.4, -0.2) is 32.3 Å². The molecule has 0 amide bonds. The van der Waals surface area contributed by atoms with E-state index in [1.165, 1.54) is 19.2 Å². The molecule has 0 saturated carbocycles. The third kappa shape index (κ3) is 6.55. The van der Waals surface area contributed by atoms with E-state index in [1.54, 1.807) is 37.3 Å². The summed E-state index contributed by atoms with van der Waals surface area (Å²) in [5.74, 6) is -1.09. The fourth-order valence-corrected chi connectivity index (χ4v) is 5.16. The van der Waals surface area contributed by atoms with Crippen LogP contribution in [-0.2, 0) is 27.0 Å². The molecule has 1 N–H and O–H groups in total. The molecule has 0 fully saturated rings. The van der Waals surface area contributed by atoms with Crippen molar-refractivity contribution < 1.29 is 37.0 Å². The highest BCUT2D eigenvalue weighted by Crippen LogP contribution is 2.46. The number of halogens is 4. The third-order valence-electron chi connectivity index (χ3n) is 4.75. The number of anilines is 1. The van der Waals surface area contributed by atoms with E-state index in [0.29, 0.717) is 20.6 Å². The molecule has 35 heavy (non-hydrogen) atoms. The number of benzene rings is 2. The quantitative estimate of drug-likeness (QED) is 0.294. The van der Waals surface area contributed by atoms with Crippen LogP contribution in [0.4, 0.5) is 18.9 Å². The molecular formula is C24H21BrF3NO5S. The van der Waals surface area contributed by atoms with Gasteiger partial charge in [-0.2, -0.15) is 13.2 Å². The molecule has 3 rings (SSSR count). The first-order valence-corrected chi connectivity index (χ1v) is 11.9. The summed E-state index contributed by atoms with van der Waals surface area (Å²) in [6.07, 6.45) is -4.45. The van der Waals surface area contributed by atoms with Crippen molar-refractivity contribution in [3.05, 3.63) is 69.0 Å². The number of nitrogens with one attached hydrogen (secondary N) is 1. The third-order valence-corrected chi connectivity index (χ3v) is 6.97. The summed E-state index contributed by atoms with van der Waals surface area (Å²) in [7, 11) is 1.23. The van der Waals surface area contributed by atoms with Crippen molar-refractivity contribution in [3.8, 4) is 16.2 Å². The van der Waals surface area contributed by atoms with Crippen molar-refractivity contribution in [3.63, 3.8) is 0 Å². The zero-order valence-corrected chi connectivity index (χ0v) is 21.1. The van der Waals surface area contributed by atoms with Gasteiger partial charge < -0.3 is 19.5 Å². The smallest absolute Gasteiger partial charge is 0.416 e. The maximum atomic E-state index is 13.3. The second-order valence-corrected chi connectivity index (χ2v) is 8.89. The minimum atomic E-state index is -4.45. The molecule has 0 spiro atoms. The van der Waals surface area contributed by atoms with Gasteiger partial charge in [0, 0.05) is 12.2 Å². The van der Waals surface area contributed by atoms with Gasteiger partial charge >= 0.3 is 18.1 Å². The van der Waals surface area contributed by atoms with Gasteiger partial charge in [0.2, 0.25) is 0 Å². The first-order valence-electron chi connectivity index (χ1n) is 10.3. The van der Waals surface area contributed by atoms with Crippen molar-refractivity contribution in [1.82, 2.24) is 0 Å². The number of ether oxygens (including phenoxy) is 3. The average Bonchev–Trinajstić information content (AvgIpc) is 3.17. The average molecular weight is 572 g/mol. The number of rotatable bonds is 9. The largest absolute Gasteiger partial charge is 0.479 e. The van der Waals surface area contributed by atoms with Crippen molar-refractivity contribution in [1.29, 1.82) is 0 Å². The molecule has 0 unspecified atom stereocenters. The first kappa shape index (κ1) is 26.6. The topological polar surface area (TPSA) is 73.9 Å². The van der Waals surface area contributed by atoms with E-state index in [1.807, 2.05) is 0 Å². The Balaban J connectivity index is 1.87. The lowest BCUT2D eigenvalue weighted by Crippen LogP contribution is -2.15. The fraction of sp³-hybridized carbons (Fsp3) is 0.250. The Hall–Kier alpha value is -3.05. The highest BCUT2D eigenvalue weighted by molar-refractivity contribution is 9.10. The number of carbonyl (C=O) groups excluding carboxylic acids is 2. The maximum Gasteiger partial charge on any atom is 0.416 e. The van der Waals surface area contributed by atoms with Crippen molar-refractivity contribution in [2.75, 3.05) is 25.6 Å². The molecule has 0 aliphatic heterocycles. The molecule has 0 aliphatic carbocycles. The van der Waals surface area contributed by atoms with Gasteiger partial charge in [0.15, 0.2) is 17.2 Å². The molecule has 0 aliphatic rings. The van der Waals surface area contributed by atoms with E-state index in [-0.39, 0.29) is 29.3 Å². The predicted molar refractivity (Wildman–Crippen MR) is 130 cm³/mol. The Morgan fingerprint density at radius 1 is 1.11 bits per heavy atom. The number of thiophene rings is 1. The first-order chi connectivity index (χ1) is 16.7. The van der Waals surface area contributed by atoms with Crippen LogP contribution in [0.25, 0.3) is 10.4 Å². The van der Waals surface area contributed by atoms with Crippen LogP contribution >= 0.6 is 27.3 Å². The molecule has 186 valence electrons. The summed E-state index contributed by atoms with van der Waals surface area (Å²) < 4.78 is 55.5. The highest BCUT2D eigenvalue weighted by atomic mass is 79.9. The molecule has 1 heterocycles. The van der Waals surface area contributed by atoms with Crippen molar-refractivity contribution in [2.24, 2.45) is 0 Å². The molecule has 11 heteroatoms. The summed E-state index contributed by atoms with van der Waals surface area (Å²) >= 11 is 4.53. The van der Waals surface area contributed by atoms with Crippen molar-refractivity contribution >= 4 is 44.9 Å². The summed E-state index contributed by atoms with van der Waals surface area (Å²) in [4.78, 5) is 24.8. The number of hydrogen-bond donors (Lipinski definition) is 1. The zero-order valence-electron chi connectivity index (χ0n) is 18.7. The van der Waals surface area contributed by atoms with Crippen LogP contribution in [0.3, 0.4) is 0 Å². The lowest BCUT2D eigenvalue weighted by molar-refractivity contribution is -0.145. The van der Waals surface area contributed by atoms with Crippen LogP contribution in [0.2, 0.25) is 0 Å². The summed E-state index contributed by atoms with van der Waals surface area (Å²) in [5, 5.41) is 3.02. The lowest BCUT2D eigenvalue weighted by Gasteiger charge is -2.14. The van der Waals surface area contributed by atoms with E-state index in [4.69, 9.17) is 14.2 Å². The molecule has 2 aromatic carbocycles. The molecule has 0 atom stereocenters. The summed E-state index contributed by atoms with van der Waals surface area (Å²) in [6, 6.07) is 12.3. The van der Waals surface area contributed by atoms with E-state index >= 15 is 0 Å².